The highest BCUT2D eigenvalue weighted by atomic mass is 35.5. The molecule has 1 heterocycles. The van der Waals surface area contributed by atoms with E-state index < -0.39 is 10.0 Å². The summed E-state index contributed by atoms with van der Waals surface area (Å²) in [5.41, 5.74) is 1.34. The Hall–Kier alpha value is -0.920. The van der Waals surface area contributed by atoms with E-state index in [-0.39, 0.29) is 18.4 Å². The first-order valence-corrected chi connectivity index (χ1v) is 9.18. The van der Waals surface area contributed by atoms with Gasteiger partial charge in [0.2, 0.25) is 10.0 Å². The highest BCUT2D eigenvalue weighted by Gasteiger charge is 2.18. The normalized spacial score (nSPS) is 13.3. The molecule has 2 N–H and O–H groups in total. The molecular formula is C14H16ClNO3S2. The van der Waals surface area contributed by atoms with Gasteiger partial charge in [0.1, 0.15) is 0 Å². The molecule has 0 aliphatic rings. The maximum absolute atomic E-state index is 12.2. The lowest BCUT2D eigenvalue weighted by Gasteiger charge is -2.13. The molecule has 0 fully saturated rings. The van der Waals surface area contributed by atoms with E-state index in [9.17, 15) is 8.42 Å². The predicted octanol–water partition coefficient (Wildman–Crippen LogP) is 3.07. The van der Waals surface area contributed by atoms with Crippen LogP contribution in [0, 0.1) is 0 Å². The molecule has 2 rings (SSSR count). The molecule has 114 valence electrons. The number of aliphatic hydroxyl groups excluding tert-OH is 1. The maximum atomic E-state index is 12.2. The minimum atomic E-state index is -3.47. The van der Waals surface area contributed by atoms with Gasteiger partial charge in [-0.15, -0.1) is 11.3 Å². The third kappa shape index (κ3) is 4.79. The van der Waals surface area contributed by atoms with Gasteiger partial charge in [0.15, 0.2) is 0 Å². The molecule has 1 aromatic carbocycles. The number of sulfonamides is 1. The fourth-order valence-corrected chi connectivity index (χ4v) is 4.47. The topological polar surface area (TPSA) is 66.4 Å². The Bertz CT molecular complexity index is 713. The number of nitrogens with one attached hydrogen (secondary N) is 1. The summed E-state index contributed by atoms with van der Waals surface area (Å²) >= 11 is 7.21. The van der Waals surface area contributed by atoms with E-state index >= 15 is 0 Å². The number of thiophene rings is 1. The molecule has 0 saturated carbocycles. The first-order valence-electron chi connectivity index (χ1n) is 6.33. The highest BCUT2D eigenvalue weighted by Crippen LogP contribution is 2.27. The van der Waals surface area contributed by atoms with Gasteiger partial charge < -0.3 is 5.11 Å². The molecule has 0 aliphatic carbocycles. The Morgan fingerprint density at radius 1 is 1.29 bits per heavy atom. The summed E-state index contributed by atoms with van der Waals surface area (Å²) in [6, 6.07) is 10.1. The Balaban J connectivity index is 2.07. The van der Waals surface area contributed by atoms with Crippen molar-refractivity contribution in [3.05, 3.63) is 56.7 Å². The van der Waals surface area contributed by atoms with Crippen molar-refractivity contribution in [1.29, 1.82) is 0 Å². The third-order valence-electron chi connectivity index (χ3n) is 2.91. The quantitative estimate of drug-likeness (QED) is 0.845. The standard InChI is InChI=1S/C14H16ClNO3S2/c1-10(13-5-6-14(15)20-13)16-21(18,19)9-12-4-2-3-11(7-12)8-17/h2-7,10,16-17H,8-9H2,1H3. The highest BCUT2D eigenvalue weighted by molar-refractivity contribution is 7.88. The van der Waals surface area contributed by atoms with Crippen LogP contribution in [0.3, 0.4) is 0 Å². The van der Waals surface area contributed by atoms with E-state index in [4.69, 9.17) is 16.7 Å². The number of aliphatic hydroxyl groups is 1. The minimum absolute atomic E-state index is 0.106. The molecule has 0 saturated heterocycles. The fourth-order valence-electron chi connectivity index (χ4n) is 1.97. The number of rotatable bonds is 6. The van der Waals surface area contributed by atoms with Crippen molar-refractivity contribution in [2.45, 2.75) is 25.3 Å². The van der Waals surface area contributed by atoms with Crippen molar-refractivity contribution >= 4 is 33.0 Å². The van der Waals surface area contributed by atoms with Crippen LogP contribution in [0.15, 0.2) is 36.4 Å². The van der Waals surface area contributed by atoms with Crippen molar-refractivity contribution in [2.75, 3.05) is 0 Å². The average Bonchev–Trinajstić information content (AvgIpc) is 2.84. The monoisotopic (exact) mass is 345 g/mol. The van der Waals surface area contributed by atoms with Crippen LogP contribution in [-0.4, -0.2) is 13.5 Å². The largest absolute Gasteiger partial charge is 0.392 e. The van der Waals surface area contributed by atoms with Gasteiger partial charge in [-0.1, -0.05) is 35.9 Å². The minimum Gasteiger partial charge on any atom is -0.392 e. The number of benzene rings is 1. The molecule has 0 bridgehead atoms. The van der Waals surface area contributed by atoms with Gasteiger partial charge >= 0.3 is 0 Å². The smallest absolute Gasteiger partial charge is 0.216 e. The van der Waals surface area contributed by atoms with Crippen molar-refractivity contribution in [2.24, 2.45) is 0 Å². The SMILES string of the molecule is CC(NS(=O)(=O)Cc1cccc(CO)c1)c1ccc(Cl)s1. The maximum Gasteiger partial charge on any atom is 0.216 e. The van der Waals surface area contributed by atoms with Gasteiger partial charge in [-0.05, 0) is 30.2 Å². The molecule has 0 radical (unpaired) electrons. The Kier molecular flexibility index (Phi) is 5.40. The fraction of sp³-hybridized carbons (Fsp3) is 0.286. The summed E-state index contributed by atoms with van der Waals surface area (Å²) in [6.45, 7) is 1.68. The zero-order valence-corrected chi connectivity index (χ0v) is 13.8. The van der Waals surface area contributed by atoms with Crippen molar-refractivity contribution in [3.63, 3.8) is 0 Å². The molecule has 1 unspecified atom stereocenters. The molecule has 21 heavy (non-hydrogen) atoms. The summed E-state index contributed by atoms with van der Waals surface area (Å²) in [7, 11) is -3.47. The zero-order chi connectivity index (χ0) is 15.5. The third-order valence-corrected chi connectivity index (χ3v) is 5.75. The summed E-state index contributed by atoms with van der Waals surface area (Å²) in [6.07, 6.45) is 0. The van der Waals surface area contributed by atoms with E-state index in [1.807, 2.05) is 6.07 Å². The van der Waals surface area contributed by atoms with Gasteiger partial charge in [0.25, 0.3) is 0 Å². The van der Waals surface area contributed by atoms with Crippen LogP contribution in [0.4, 0.5) is 0 Å². The Morgan fingerprint density at radius 2 is 2.00 bits per heavy atom. The van der Waals surface area contributed by atoms with Gasteiger partial charge in [-0.3, -0.25) is 0 Å². The molecule has 1 aromatic heterocycles. The first-order chi connectivity index (χ1) is 9.89. The van der Waals surface area contributed by atoms with E-state index in [1.165, 1.54) is 11.3 Å². The predicted molar refractivity (Wildman–Crippen MR) is 85.9 cm³/mol. The van der Waals surface area contributed by atoms with Crippen molar-refractivity contribution in [3.8, 4) is 0 Å². The second-order valence-electron chi connectivity index (χ2n) is 4.72. The molecular weight excluding hydrogens is 330 g/mol. The summed E-state index contributed by atoms with van der Waals surface area (Å²) in [4.78, 5) is 0.868. The van der Waals surface area contributed by atoms with Gasteiger partial charge in [0, 0.05) is 4.88 Å². The van der Waals surface area contributed by atoms with Crippen LogP contribution >= 0.6 is 22.9 Å². The van der Waals surface area contributed by atoms with Crippen LogP contribution in [0.1, 0.15) is 29.0 Å². The summed E-state index contributed by atoms with van der Waals surface area (Å²) in [5.74, 6) is -0.121. The van der Waals surface area contributed by atoms with Crippen molar-refractivity contribution < 1.29 is 13.5 Å². The van der Waals surface area contributed by atoms with E-state index in [0.717, 1.165) is 4.88 Å². The molecule has 0 spiro atoms. The average molecular weight is 346 g/mol. The van der Waals surface area contributed by atoms with Gasteiger partial charge in [-0.2, -0.15) is 0 Å². The lowest BCUT2D eigenvalue weighted by molar-refractivity contribution is 0.282. The van der Waals surface area contributed by atoms with Gasteiger partial charge in [0.05, 0.1) is 22.7 Å². The molecule has 7 heteroatoms. The molecule has 4 nitrogen and oxygen atoms in total. The van der Waals surface area contributed by atoms with E-state index in [0.29, 0.717) is 15.5 Å². The molecule has 0 aliphatic heterocycles. The second-order valence-corrected chi connectivity index (χ2v) is 8.22. The number of hydrogen-bond acceptors (Lipinski definition) is 4. The first kappa shape index (κ1) is 16.5. The zero-order valence-electron chi connectivity index (χ0n) is 11.4. The molecule has 0 amide bonds. The Morgan fingerprint density at radius 3 is 2.62 bits per heavy atom. The van der Waals surface area contributed by atoms with E-state index in [2.05, 4.69) is 4.72 Å². The van der Waals surface area contributed by atoms with Crippen LogP contribution in [-0.2, 0) is 22.4 Å². The van der Waals surface area contributed by atoms with Crippen LogP contribution in [0.2, 0.25) is 4.34 Å². The molecule has 2 aromatic rings. The molecule has 1 atom stereocenters. The summed E-state index contributed by atoms with van der Waals surface area (Å²) < 4.78 is 27.6. The van der Waals surface area contributed by atoms with Crippen molar-refractivity contribution in [1.82, 2.24) is 4.72 Å². The Labute approximate surface area is 133 Å². The van der Waals surface area contributed by atoms with Crippen LogP contribution < -0.4 is 4.72 Å². The number of halogens is 1. The van der Waals surface area contributed by atoms with Gasteiger partial charge in [-0.25, -0.2) is 13.1 Å². The lowest BCUT2D eigenvalue weighted by atomic mass is 10.1. The second kappa shape index (κ2) is 6.89. The van der Waals surface area contributed by atoms with Crippen LogP contribution in [0.5, 0.6) is 0 Å². The number of hydrogen-bond donors (Lipinski definition) is 2. The lowest BCUT2D eigenvalue weighted by Crippen LogP contribution is -2.27. The van der Waals surface area contributed by atoms with Crippen LogP contribution in [0.25, 0.3) is 0 Å². The van der Waals surface area contributed by atoms with E-state index in [1.54, 1.807) is 37.3 Å². The summed E-state index contributed by atoms with van der Waals surface area (Å²) in [5, 5.41) is 9.08.